The van der Waals surface area contributed by atoms with Gasteiger partial charge in [-0.25, -0.2) is 0 Å². The van der Waals surface area contributed by atoms with Gasteiger partial charge in [0.05, 0.1) is 10.7 Å². The fourth-order valence-corrected chi connectivity index (χ4v) is 3.81. The maximum absolute atomic E-state index is 12.7. The van der Waals surface area contributed by atoms with Crippen LogP contribution in [0.4, 0.5) is 11.4 Å². The van der Waals surface area contributed by atoms with E-state index in [0.717, 1.165) is 29.9 Å². The summed E-state index contributed by atoms with van der Waals surface area (Å²) in [5.74, 6) is -0.145. The second-order valence-corrected chi connectivity index (χ2v) is 8.09. The number of anilines is 2. The zero-order valence-corrected chi connectivity index (χ0v) is 16.7. The number of hydrogen-bond donors (Lipinski definition) is 2. The van der Waals surface area contributed by atoms with Crippen LogP contribution in [0, 0.1) is 0 Å². The predicted molar refractivity (Wildman–Crippen MR) is 115 cm³/mol. The third-order valence-electron chi connectivity index (χ3n) is 5.25. The number of nitrogens with zero attached hydrogens (tertiary/aromatic N) is 1. The van der Waals surface area contributed by atoms with E-state index in [0.29, 0.717) is 16.3 Å². The highest BCUT2D eigenvalue weighted by molar-refractivity contribution is 6.33. The van der Waals surface area contributed by atoms with E-state index in [1.807, 2.05) is 24.3 Å². The molecule has 2 aromatic carbocycles. The first-order chi connectivity index (χ1) is 13.4. The van der Waals surface area contributed by atoms with Crippen LogP contribution in [0.25, 0.3) is 11.3 Å². The highest BCUT2D eigenvalue weighted by Crippen LogP contribution is 2.37. The van der Waals surface area contributed by atoms with Crippen molar-refractivity contribution < 1.29 is 4.79 Å². The largest absolute Gasteiger partial charge is 0.385 e. The molecule has 4 rings (SSSR count). The molecule has 0 fully saturated rings. The molecule has 5 heteroatoms. The molecule has 3 aromatic rings. The minimum atomic E-state index is -0.145. The van der Waals surface area contributed by atoms with Crippen LogP contribution in [-0.4, -0.2) is 17.4 Å². The molecule has 1 aliphatic rings. The lowest BCUT2D eigenvalue weighted by Crippen LogP contribution is -2.28. The molecule has 1 aromatic heterocycles. The number of carbonyl (C=O) groups is 1. The zero-order valence-electron chi connectivity index (χ0n) is 15.9. The number of rotatable bonds is 3. The molecule has 0 aliphatic carbocycles. The number of aromatic nitrogens is 1. The van der Waals surface area contributed by atoms with Crippen LogP contribution >= 0.6 is 11.6 Å². The van der Waals surface area contributed by atoms with E-state index in [9.17, 15) is 4.79 Å². The molecular weight excluding hydrogens is 370 g/mol. The van der Waals surface area contributed by atoms with Crippen molar-refractivity contribution in [3.8, 4) is 11.3 Å². The summed E-state index contributed by atoms with van der Waals surface area (Å²) in [4.78, 5) is 17.0. The highest BCUT2D eigenvalue weighted by atomic mass is 35.5. The van der Waals surface area contributed by atoms with Crippen LogP contribution in [0.2, 0.25) is 5.02 Å². The molecule has 0 radical (unpaired) electrons. The molecule has 142 valence electrons. The first-order valence-electron chi connectivity index (χ1n) is 9.35. The van der Waals surface area contributed by atoms with E-state index in [4.69, 9.17) is 11.6 Å². The fourth-order valence-electron chi connectivity index (χ4n) is 3.58. The summed E-state index contributed by atoms with van der Waals surface area (Å²) in [5, 5.41) is 7.00. The van der Waals surface area contributed by atoms with E-state index in [-0.39, 0.29) is 11.3 Å². The molecule has 4 nitrogen and oxygen atoms in total. The number of carbonyl (C=O) groups excluding carboxylic acids is 1. The Morgan fingerprint density at radius 3 is 2.68 bits per heavy atom. The van der Waals surface area contributed by atoms with Gasteiger partial charge >= 0.3 is 0 Å². The van der Waals surface area contributed by atoms with Gasteiger partial charge in [0.1, 0.15) is 0 Å². The van der Waals surface area contributed by atoms with Crippen molar-refractivity contribution in [3.05, 3.63) is 76.9 Å². The first kappa shape index (κ1) is 18.5. The minimum absolute atomic E-state index is 0.145. The van der Waals surface area contributed by atoms with Gasteiger partial charge in [-0.15, -0.1) is 0 Å². The van der Waals surface area contributed by atoms with Crippen molar-refractivity contribution in [2.24, 2.45) is 0 Å². The molecule has 0 unspecified atom stereocenters. The summed E-state index contributed by atoms with van der Waals surface area (Å²) in [7, 11) is 0. The second kappa shape index (κ2) is 7.28. The normalized spacial score (nSPS) is 14.7. The summed E-state index contributed by atoms with van der Waals surface area (Å²) in [5.41, 5.74) is 5.48. The van der Waals surface area contributed by atoms with Crippen LogP contribution in [0.5, 0.6) is 0 Å². The SMILES string of the molecule is CC1(C)CCNc2cc(NC(=O)c3ccc(-c4ncccc4Cl)cc3)ccc21. The summed E-state index contributed by atoms with van der Waals surface area (Å²) >= 11 is 6.20. The average Bonchev–Trinajstić information content (AvgIpc) is 2.68. The molecule has 0 saturated heterocycles. The monoisotopic (exact) mass is 391 g/mol. The van der Waals surface area contributed by atoms with Gasteiger partial charge in [0.25, 0.3) is 5.91 Å². The third kappa shape index (κ3) is 3.60. The Labute approximate surface area is 170 Å². The maximum Gasteiger partial charge on any atom is 0.255 e. The molecule has 0 spiro atoms. The van der Waals surface area contributed by atoms with Crippen LogP contribution in [0.15, 0.2) is 60.8 Å². The molecule has 1 amide bonds. The van der Waals surface area contributed by atoms with Gasteiger partial charge in [0.2, 0.25) is 0 Å². The Balaban J connectivity index is 1.52. The molecule has 1 aliphatic heterocycles. The smallest absolute Gasteiger partial charge is 0.255 e. The molecule has 0 bridgehead atoms. The average molecular weight is 392 g/mol. The number of fused-ring (bicyclic) bond motifs is 1. The lowest BCUT2D eigenvalue weighted by molar-refractivity contribution is 0.102. The zero-order chi connectivity index (χ0) is 19.7. The van der Waals surface area contributed by atoms with Crippen LogP contribution in [-0.2, 0) is 5.41 Å². The van der Waals surface area contributed by atoms with Crippen molar-refractivity contribution in [2.75, 3.05) is 17.2 Å². The van der Waals surface area contributed by atoms with Crippen molar-refractivity contribution in [1.29, 1.82) is 0 Å². The summed E-state index contributed by atoms with van der Waals surface area (Å²) < 4.78 is 0. The second-order valence-electron chi connectivity index (χ2n) is 7.69. The lowest BCUT2D eigenvalue weighted by atomic mass is 9.78. The lowest BCUT2D eigenvalue weighted by Gasteiger charge is -2.33. The van der Waals surface area contributed by atoms with E-state index < -0.39 is 0 Å². The molecule has 0 atom stereocenters. The van der Waals surface area contributed by atoms with Crippen molar-refractivity contribution in [1.82, 2.24) is 4.98 Å². The van der Waals surface area contributed by atoms with Gasteiger partial charge in [-0.05, 0) is 53.8 Å². The number of amides is 1. The molecule has 2 heterocycles. The topological polar surface area (TPSA) is 54.0 Å². The fraction of sp³-hybridized carbons (Fsp3) is 0.217. The van der Waals surface area contributed by atoms with Gasteiger partial charge in [-0.3, -0.25) is 9.78 Å². The van der Waals surface area contributed by atoms with Crippen molar-refractivity contribution >= 4 is 28.9 Å². The third-order valence-corrected chi connectivity index (χ3v) is 5.56. The van der Waals surface area contributed by atoms with E-state index in [2.05, 4.69) is 35.5 Å². The van der Waals surface area contributed by atoms with Crippen LogP contribution in [0.1, 0.15) is 36.2 Å². The van der Waals surface area contributed by atoms with Crippen molar-refractivity contribution in [2.45, 2.75) is 25.7 Å². The van der Waals surface area contributed by atoms with Crippen LogP contribution in [0.3, 0.4) is 0 Å². The quantitative estimate of drug-likeness (QED) is 0.597. The summed E-state index contributed by atoms with van der Waals surface area (Å²) in [6.07, 6.45) is 2.80. The standard InChI is InChI=1S/C23H22ClN3O/c1-23(2)11-13-25-20-14-17(9-10-18(20)23)27-22(28)16-7-5-15(6-8-16)21-19(24)4-3-12-26-21/h3-10,12,14,25H,11,13H2,1-2H3,(H,27,28). The van der Waals surface area contributed by atoms with Gasteiger partial charge in [-0.2, -0.15) is 0 Å². The Morgan fingerprint density at radius 2 is 1.93 bits per heavy atom. The van der Waals surface area contributed by atoms with Gasteiger partial charge in [0, 0.05) is 35.2 Å². The number of halogens is 1. The predicted octanol–water partition coefficient (Wildman–Crippen LogP) is 5.75. The summed E-state index contributed by atoms with van der Waals surface area (Å²) in [6, 6.07) is 17.0. The Morgan fingerprint density at radius 1 is 1.14 bits per heavy atom. The molecule has 2 N–H and O–H groups in total. The Bertz CT molecular complexity index is 1030. The van der Waals surface area contributed by atoms with Gasteiger partial charge in [0.15, 0.2) is 0 Å². The van der Waals surface area contributed by atoms with Gasteiger partial charge in [-0.1, -0.05) is 43.6 Å². The van der Waals surface area contributed by atoms with E-state index in [1.54, 1.807) is 30.5 Å². The first-order valence-corrected chi connectivity index (χ1v) is 9.72. The molecule has 28 heavy (non-hydrogen) atoms. The Hall–Kier alpha value is -2.85. The maximum atomic E-state index is 12.7. The minimum Gasteiger partial charge on any atom is -0.385 e. The number of nitrogens with one attached hydrogen (secondary N) is 2. The van der Waals surface area contributed by atoms with Gasteiger partial charge < -0.3 is 10.6 Å². The van der Waals surface area contributed by atoms with E-state index in [1.165, 1.54) is 5.56 Å². The Kier molecular flexibility index (Phi) is 4.82. The number of hydrogen-bond acceptors (Lipinski definition) is 3. The number of pyridine rings is 1. The molecular formula is C23H22ClN3O. The van der Waals surface area contributed by atoms with E-state index >= 15 is 0 Å². The molecule has 0 saturated carbocycles. The number of benzene rings is 2. The highest BCUT2D eigenvalue weighted by Gasteiger charge is 2.27. The van der Waals surface area contributed by atoms with Crippen molar-refractivity contribution in [3.63, 3.8) is 0 Å². The summed E-state index contributed by atoms with van der Waals surface area (Å²) in [6.45, 7) is 5.44. The van der Waals surface area contributed by atoms with Crippen LogP contribution < -0.4 is 10.6 Å².